The summed E-state index contributed by atoms with van der Waals surface area (Å²) in [6, 6.07) is 3.71. The Labute approximate surface area is 165 Å². The second kappa shape index (κ2) is 8.21. The summed E-state index contributed by atoms with van der Waals surface area (Å²) in [4.78, 5) is 28.1. The monoisotopic (exact) mass is 391 g/mol. The molecule has 6 nitrogen and oxygen atoms in total. The number of amides is 2. The van der Waals surface area contributed by atoms with Crippen LogP contribution in [-0.2, 0) is 16.0 Å². The van der Waals surface area contributed by atoms with Gasteiger partial charge >= 0.3 is 0 Å². The normalized spacial score (nSPS) is 21.1. The number of hydrogen-bond donors (Lipinski definition) is 1. The smallest absolute Gasteiger partial charge is 0.245 e. The van der Waals surface area contributed by atoms with Gasteiger partial charge in [0, 0.05) is 49.1 Å². The second-order valence-electron chi connectivity index (χ2n) is 7.12. The Morgan fingerprint density at radius 3 is 2.44 bits per heavy atom. The van der Waals surface area contributed by atoms with Crippen LogP contribution in [0.5, 0.6) is 5.75 Å². The Kier molecular flexibility index (Phi) is 5.95. The van der Waals surface area contributed by atoms with Gasteiger partial charge in [0.2, 0.25) is 11.8 Å². The highest BCUT2D eigenvalue weighted by atomic mass is 35.5. The van der Waals surface area contributed by atoms with Gasteiger partial charge in [-0.05, 0) is 24.1 Å². The second-order valence-corrected chi connectivity index (χ2v) is 7.52. The maximum atomic E-state index is 12.6. The molecular formula is C20H26ClN3O3. The van der Waals surface area contributed by atoms with E-state index >= 15 is 0 Å². The van der Waals surface area contributed by atoms with E-state index in [4.69, 9.17) is 16.3 Å². The minimum absolute atomic E-state index is 0.0227. The summed E-state index contributed by atoms with van der Waals surface area (Å²) in [6.45, 7) is 8.59. The van der Waals surface area contributed by atoms with Crippen LogP contribution in [-0.4, -0.2) is 61.4 Å². The van der Waals surface area contributed by atoms with E-state index in [1.54, 1.807) is 13.2 Å². The van der Waals surface area contributed by atoms with Crippen LogP contribution < -0.4 is 10.1 Å². The van der Waals surface area contributed by atoms with Crippen molar-refractivity contribution < 1.29 is 14.3 Å². The average Bonchev–Trinajstić information content (AvgIpc) is 3.25. The largest absolute Gasteiger partial charge is 0.495 e. The molecule has 2 heterocycles. The van der Waals surface area contributed by atoms with E-state index < -0.39 is 0 Å². The minimum atomic E-state index is -0.0227. The summed E-state index contributed by atoms with van der Waals surface area (Å²) in [7, 11) is 1.59. The number of nitrogens with zero attached hydrogens (tertiary/aromatic N) is 2. The quantitative estimate of drug-likeness (QED) is 0.756. The minimum Gasteiger partial charge on any atom is -0.495 e. The third-order valence-electron chi connectivity index (χ3n) is 5.50. The molecule has 1 aromatic carbocycles. The van der Waals surface area contributed by atoms with E-state index in [2.05, 4.69) is 11.9 Å². The first kappa shape index (κ1) is 19.5. The number of halogens is 1. The third-order valence-corrected chi connectivity index (χ3v) is 5.86. The number of benzene rings is 1. The number of nitrogens with one attached hydrogen (secondary N) is 1. The van der Waals surface area contributed by atoms with Crippen molar-refractivity contribution in [2.24, 2.45) is 11.8 Å². The molecule has 0 spiro atoms. The first-order chi connectivity index (χ1) is 13.0. The third kappa shape index (κ3) is 4.05. The first-order valence-corrected chi connectivity index (χ1v) is 9.64. The molecule has 3 rings (SSSR count). The van der Waals surface area contributed by atoms with E-state index in [1.807, 2.05) is 22.8 Å². The van der Waals surface area contributed by atoms with Gasteiger partial charge in [0.05, 0.1) is 19.3 Å². The van der Waals surface area contributed by atoms with E-state index in [9.17, 15) is 9.59 Å². The highest BCUT2D eigenvalue weighted by Crippen LogP contribution is 2.33. The highest BCUT2D eigenvalue weighted by molar-refractivity contribution is 6.31. The van der Waals surface area contributed by atoms with E-state index in [-0.39, 0.29) is 18.4 Å². The molecule has 2 fully saturated rings. The summed E-state index contributed by atoms with van der Waals surface area (Å²) in [5.41, 5.74) is 1.78. The molecule has 0 aliphatic carbocycles. The number of rotatable bonds is 6. The lowest BCUT2D eigenvalue weighted by molar-refractivity contribution is -0.128. The van der Waals surface area contributed by atoms with Crippen LogP contribution >= 0.6 is 11.6 Å². The fourth-order valence-corrected chi connectivity index (χ4v) is 4.25. The van der Waals surface area contributed by atoms with Crippen molar-refractivity contribution in [3.05, 3.63) is 35.4 Å². The van der Waals surface area contributed by atoms with Crippen LogP contribution in [0.15, 0.2) is 24.8 Å². The molecule has 2 aliphatic rings. The van der Waals surface area contributed by atoms with Crippen molar-refractivity contribution in [1.29, 1.82) is 0 Å². The summed E-state index contributed by atoms with van der Waals surface area (Å²) in [5, 5.41) is 3.86. The SMILES string of the molecule is C=CC(=O)N1CC2CN(C(=O)CNc3cc(CC)c(Cl)cc3OC)CC2C1. The molecule has 2 saturated heterocycles. The number of likely N-dealkylation sites (tertiary alicyclic amines) is 2. The molecule has 2 unspecified atom stereocenters. The Hall–Kier alpha value is -2.21. The van der Waals surface area contributed by atoms with Crippen molar-refractivity contribution in [1.82, 2.24) is 9.80 Å². The van der Waals surface area contributed by atoms with Crippen LogP contribution in [0.2, 0.25) is 5.02 Å². The number of methoxy groups -OCH3 is 1. The summed E-state index contributed by atoms with van der Waals surface area (Å²) < 4.78 is 5.37. The van der Waals surface area contributed by atoms with E-state index in [0.717, 1.165) is 17.7 Å². The Balaban J connectivity index is 1.57. The number of anilines is 1. The molecule has 0 saturated carbocycles. The standard InChI is InChI=1S/C20H26ClN3O3/c1-4-13-6-17(18(27-3)7-16(13)21)22-8-20(26)24-11-14-9-23(19(25)5-2)10-15(14)12-24/h5-7,14-15,22H,2,4,8-12H2,1,3H3. The molecule has 0 aromatic heterocycles. The van der Waals surface area contributed by atoms with Gasteiger partial charge in [0.25, 0.3) is 0 Å². The maximum absolute atomic E-state index is 12.6. The summed E-state index contributed by atoms with van der Waals surface area (Å²) >= 11 is 6.23. The van der Waals surface area contributed by atoms with E-state index in [1.165, 1.54) is 6.08 Å². The van der Waals surface area contributed by atoms with Gasteiger partial charge in [-0.25, -0.2) is 0 Å². The van der Waals surface area contributed by atoms with Crippen LogP contribution in [0.4, 0.5) is 5.69 Å². The molecular weight excluding hydrogens is 366 g/mol. The van der Waals surface area contributed by atoms with Gasteiger partial charge in [-0.3, -0.25) is 9.59 Å². The average molecular weight is 392 g/mol. The number of ether oxygens (including phenoxy) is 1. The van der Waals surface area contributed by atoms with Gasteiger partial charge in [-0.2, -0.15) is 0 Å². The first-order valence-electron chi connectivity index (χ1n) is 9.26. The van der Waals surface area contributed by atoms with Crippen molar-refractivity contribution in [3.8, 4) is 5.75 Å². The zero-order chi connectivity index (χ0) is 19.6. The van der Waals surface area contributed by atoms with Gasteiger partial charge in [-0.1, -0.05) is 25.1 Å². The van der Waals surface area contributed by atoms with Crippen LogP contribution in [0.1, 0.15) is 12.5 Å². The van der Waals surface area contributed by atoms with Gasteiger partial charge in [-0.15, -0.1) is 0 Å². The van der Waals surface area contributed by atoms with Gasteiger partial charge < -0.3 is 19.9 Å². The summed E-state index contributed by atoms with van der Waals surface area (Å²) in [5.74, 6) is 1.37. The fourth-order valence-electron chi connectivity index (χ4n) is 3.97. The molecule has 2 aliphatic heterocycles. The van der Waals surface area contributed by atoms with Crippen molar-refractivity contribution in [2.75, 3.05) is 45.2 Å². The van der Waals surface area contributed by atoms with Crippen LogP contribution in [0.25, 0.3) is 0 Å². The molecule has 7 heteroatoms. The molecule has 27 heavy (non-hydrogen) atoms. The van der Waals surface area contributed by atoms with Crippen LogP contribution in [0.3, 0.4) is 0 Å². The molecule has 0 bridgehead atoms. The van der Waals surface area contributed by atoms with Crippen LogP contribution in [0, 0.1) is 11.8 Å². The highest BCUT2D eigenvalue weighted by Gasteiger charge is 2.42. The lowest BCUT2D eigenvalue weighted by Crippen LogP contribution is -2.37. The van der Waals surface area contributed by atoms with Gasteiger partial charge in [0.15, 0.2) is 0 Å². The molecule has 0 radical (unpaired) electrons. The predicted molar refractivity (Wildman–Crippen MR) is 106 cm³/mol. The number of carbonyl (C=O) groups is 2. The zero-order valence-corrected chi connectivity index (χ0v) is 16.6. The number of fused-ring (bicyclic) bond motifs is 1. The zero-order valence-electron chi connectivity index (χ0n) is 15.8. The topological polar surface area (TPSA) is 61.9 Å². The number of carbonyl (C=O) groups excluding carboxylic acids is 2. The van der Waals surface area contributed by atoms with Crippen molar-refractivity contribution >= 4 is 29.1 Å². The van der Waals surface area contributed by atoms with E-state index in [0.29, 0.717) is 48.8 Å². The maximum Gasteiger partial charge on any atom is 0.245 e. The molecule has 1 N–H and O–H groups in total. The predicted octanol–water partition coefficient (Wildman–Crippen LogP) is 2.43. The Morgan fingerprint density at radius 1 is 1.26 bits per heavy atom. The Morgan fingerprint density at radius 2 is 1.89 bits per heavy atom. The molecule has 146 valence electrons. The molecule has 2 amide bonds. The molecule has 1 aromatic rings. The lowest BCUT2D eigenvalue weighted by Gasteiger charge is -2.22. The van der Waals surface area contributed by atoms with Crippen molar-refractivity contribution in [3.63, 3.8) is 0 Å². The van der Waals surface area contributed by atoms with Crippen molar-refractivity contribution in [2.45, 2.75) is 13.3 Å². The molecule has 2 atom stereocenters. The van der Waals surface area contributed by atoms with Gasteiger partial charge in [0.1, 0.15) is 5.75 Å². The lowest BCUT2D eigenvalue weighted by atomic mass is 10.0. The fraction of sp³-hybridized carbons (Fsp3) is 0.500. The number of hydrogen-bond acceptors (Lipinski definition) is 4. The summed E-state index contributed by atoms with van der Waals surface area (Å²) in [6.07, 6.45) is 2.17. The number of aryl methyl sites for hydroxylation is 1. The Bertz CT molecular complexity index is 738.